The lowest BCUT2D eigenvalue weighted by Gasteiger charge is -2.44. The van der Waals surface area contributed by atoms with Gasteiger partial charge < -0.3 is 0 Å². The van der Waals surface area contributed by atoms with E-state index in [4.69, 9.17) is 0 Å². The molecule has 0 unspecified atom stereocenters. The van der Waals surface area contributed by atoms with Crippen LogP contribution in [0.25, 0.3) is 0 Å². The second-order valence-corrected chi connectivity index (χ2v) is 5.56. The molecule has 0 amide bonds. The Balaban J connectivity index is 1.84. The molecular weight excluding hydrogens is 208 g/mol. The van der Waals surface area contributed by atoms with Gasteiger partial charge in [0.15, 0.2) is 0 Å². The molecule has 92 valence electrons. The summed E-state index contributed by atoms with van der Waals surface area (Å²) in [6.07, 6.45) is 10.6. The molecule has 0 bridgehead atoms. The Bertz CT molecular complexity index is 386. The first-order chi connectivity index (χ1) is 8.38. The maximum atomic E-state index is 4.29. The molecule has 17 heavy (non-hydrogen) atoms. The van der Waals surface area contributed by atoms with Gasteiger partial charge in [0.1, 0.15) is 0 Å². The normalized spacial score (nSPS) is 28.5. The highest BCUT2D eigenvalue weighted by molar-refractivity contribution is 5.28. The van der Waals surface area contributed by atoms with E-state index in [2.05, 4.69) is 29.1 Å². The van der Waals surface area contributed by atoms with Gasteiger partial charge in [0, 0.05) is 18.4 Å². The quantitative estimate of drug-likeness (QED) is 0.776. The molecule has 0 N–H and O–H groups in total. The van der Waals surface area contributed by atoms with Crippen LogP contribution in [0.4, 0.5) is 0 Å². The summed E-state index contributed by atoms with van der Waals surface area (Å²) in [4.78, 5) is 7.01. The Morgan fingerprint density at radius 3 is 3.18 bits per heavy atom. The van der Waals surface area contributed by atoms with E-state index in [1.807, 2.05) is 6.20 Å². The number of aromatic nitrogens is 1. The molecule has 0 saturated carbocycles. The summed E-state index contributed by atoms with van der Waals surface area (Å²) >= 11 is 0. The van der Waals surface area contributed by atoms with Gasteiger partial charge in [0.05, 0.1) is 0 Å². The van der Waals surface area contributed by atoms with Gasteiger partial charge in [-0.15, -0.1) is 0 Å². The molecule has 1 aromatic heterocycles. The van der Waals surface area contributed by atoms with Crippen LogP contribution in [0.3, 0.4) is 0 Å². The molecule has 1 aliphatic carbocycles. The van der Waals surface area contributed by atoms with E-state index in [0.717, 1.165) is 12.0 Å². The van der Waals surface area contributed by atoms with Crippen molar-refractivity contribution >= 4 is 0 Å². The summed E-state index contributed by atoms with van der Waals surface area (Å²) in [5, 5.41) is 0. The smallest absolute Gasteiger partial charge is 0.0303 e. The van der Waals surface area contributed by atoms with Crippen molar-refractivity contribution in [2.24, 2.45) is 5.92 Å². The number of pyridine rings is 1. The van der Waals surface area contributed by atoms with Gasteiger partial charge in [-0.05, 0) is 68.3 Å². The molecule has 1 aromatic rings. The van der Waals surface area contributed by atoms with Gasteiger partial charge in [0.25, 0.3) is 0 Å². The van der Waals surface area contributed by atoms with Gasteiger partial charge in [-0.25, -0.2) is 0 Å². The van der Waals surface area contributed by atoms with E-state index < -0.39 is 0 Å². The van der Waals surface area contributed by atoms with Gasteiger partial charge in [-0.2, -0.15) is 0 Å². The highest BCUT2D eigenvalue weighted by Gasteiger charge is 2.34. The lowest BCUT2D eigenvalue weighted by Crippen LogP contribution is -2.49. The molecule has 2 heterocycles. The largest absolute Gasteiger partial charge is 0.300 e. The highest BCUT2D eigenvalue weighted by Crippen LogP contribution is 2.34. The van der Waals surface area contributed by atoms with E-state index in [1.54, 1.807) is 5.56 Å². The van der Waals surface area contributed by atoms with Crippen molar-refractivity contribution < 1.29 is 0 Å². The van der Waals surface area contributed by atoms with Crippen LogP contribution < -0.4 is 0 Å². The zero-order valence-electron chi connectivity index (χ0n) is 10.7. The minimum Gasteiger partial charge on any atom is -0.300 e. The van der Waals surface area contributed by atoms with Gasteiger partial charge in [0.2, 0.25) is 0 Å². The van der Waals surface area contributed by atoms with Crippen LogP contribution in [0.5, 0.6) is 0 Å². The molecule has 1 aliphatic heterocycles. The van der Waals surface area contributed by atoms with Crippen LogP contribution in [0, 0.1) is 5.92 Å². The topological polar surface area (TPSA) is 16.1 Å². The standard InChI is InChI=1S/C15H22N2/c1-2-7-17-8-3-4-13-9-12-5-6-16-11-14(12)10-15(13)17/h5-6,11,13,15H,2-4,7-10H2,1H3/t13-,15-/m1/s1. The molecule has 2 heteroatoms. The summed E-state index contributed by atoms with van der Waals surface area (Å²) in [5.41, 5.74) is 3.05. The molecule has 0 spiro atoms. The number of hydrogen-bond acceptors (Lipinski definition) is 2. The first-order valence-corrected chi connectivity index (χ1v) is 7.04. The molecule has 1 fully saturated rings. The molecule has 0 aromatic carbocycles. The maximum Gasteiger partial charge on any atom is 0.0303 e. The number of piperidine rings is 1. The molecule has 2 nitrogen and oxygen atoms in total. The van der Waals surface area contributed by atoms with Crippen molar-refractivity contribution in [1.82, 2.24) is 9.88 Å². The fourth-order valence-electron chi connectivity index (χ4n) is 3.66. The highest BCUT2D eigenvalue weighted by atomic mass is 15.2. The zero-order valence-corrected chi connectivity index (χ0v) is 10.7. The van der Waals surface area contributed by atoms with Crippen LogP contribution >= 0.6 is 0 Å². The minimum atomic E-state index is 0.792. The van der Waals surface area contributed by atoms with Crippen molar-refractivity contribution in [3.8, 4) is 0 Å². The average molecular weight is 230 g/mol. The minimum absolute atomic E-state index is 0.792. The van der Waals surface area contributed by atoms with Crippen LogP contribution in [-0.4, -0.2) is 29.0 Å². The molecule has 3 rings (SSSR count). The lowest BCUT2D eigenvalue weighted by molar-refractivity contribution is 0.0854. The maximum absolute atomic E-state index is 4.29. The second kappa shape index (κ2) is 4.77. The van der Waals surface area contributed by atoms with Crippen molar-refractivity contribution in [2.75, 3.05) is 13.1 Å². The SMILES string of the molecule is CCCN1CCC[C@@H]2Cc3ccncc3C[C@H]21. The Morgan fingerprint density at radius 2 is 2.29 bits per heavy atom. The van der Waals surface area contributed by atoms with Gasteiger partial charge in [-0.3, -0.25) is 9.88 Å². The molecule has 0 radical (unpaired) electrons. The number of likely N-dealkylation sites (tertiary alicyclic amines) is 1. The fourth-order valence-corrected chi connectivity index (χ4v) is 3.66. The third-order valence-corrected chi connectivity index (χ3v) is 4.46. The van der Waals surface area contributed by atoms with Crippen LogP contribution in [0.1, 0.15) is 37.3 Å². The number of fused-ring (bicyclic) bond motifs is 2. The monoisotopic (exact) mass is 230 g/mol. The van der Waals surface area contributed by atoms with Gasteiger partial charge in [-0.1, -0.05) is 6.92 Å². The van der Waals surface area contributed by atoms with Crippen molar-refractivity contribution in [2.45, 2.75) is 45.1 Å². The van der Waals surface area contributed by atoms with Crippen molar-refractivity contribution in [1.29, 1.82) is 0 Å². The molecule has 2 atom stereocenters. The molecule has 2 aliphatic rings. The third kappa shape index (κ3) is 2.11. The first kappa shape index (κ1) is 11.2. The van der Waals surface area contributed by atoms with Crippen LogP contribution in [-0.2, 0) is 12.8 Å². The van der Waals surface area contributed by atoms with Crippen molar-refractivity contribution in [3.05, 3.63) is 29.6 Å². The Morgan fingerprint density at radius 1 is 1.35 bits per heavy atom. The summed E-state index contributed by atoms with van der Waals surface area (Å²) < 4.78 is 0. The molecule has 1 saturated heterocycles. The first-order valence-electron chi connectivity index (χ1n) is 7.04. The zero-order chi connectivity index (χ0) is 11.7. The van der Waals surface area contributed by atoms with E-state index in [9.17, 15) is 0 Å². The predicted octanol–water partition coefficient (Wildman–Crippen LogP) is 2.67. The number of rotatable bonds is 2. The lowest BCUT2D eigenvalue weighted by atomic mass is 9.76. The summed E-state index contributed by atoms with van der Waals surface area (Å²) in [5.74, 6) is 0.894. The van der Waals surface area contributed by atoms with E-state index in [0.29, 0.717) is 0 Å². The third-order valence-electron chi connectivity index (χ3n) is 4.46. The second-order valence-electron chi connectivity index (χ2n) is 5.56. The number of nitrogens with zero attached hydrogens (tertiary/aromatic N) is 2. The number of hydrogen-bond donors (Lipinski definition) is 0. The Kier molecular flexibility index (Phi) is 3.15. The predicted molar refractivity (Wildman–Crippen MR) is 70.0 cm³/mol. The van der Waals surface area contributed by atoms with Gasteiger partial charge >= 0.3 is 0 Å². The average Bonchev–Trinajstić information content (AvgIpc) is 2.37. The van der Waals surface area contributed by atoms with E-state index >= 15 is 0 Å². The Labute approximate surface area is 104 Å². The fraction of sp³-hybridized carbons (Fsp3) is 0.667. The molecular formula is C15H22N2. The summed E-state index contributed by atoms with van der Waals surface area (Å²) in [6, 6.07) is 3.02. The Hall–Kier alpha value is -0.890. The van der Waals surface area contributed by atoms with Crippen LogP contribution in [0.2, 0.25) is 0 Å². The summed E-state index contributed by atoms with van der Waals surface area (Å²) in [7, 11) is 0. The van der Waals surface area contributed by atoms with Crippen LogP contribution in [0.15, 0.2) is 18.5 Å². The van der Waals surface area contributed by atoms with Crippen molar-refractivity contribution in [3.63, 3.8) is 0 Å². The summed E-state index contributed by atoms with van der Waals surface area (Å²) in [6.45, 7) is 4.88. The van der Waals surface area contributed by atoms with E-state index in [-0.39, 0.29) is 0 Å². The van der Waals surface area contributed by atoms with E-state index in [1.165, 1.54) is 50.8 Å².